The highest BCUT2D eigenvalue weighted by atomic mass is 31.2. The second kappa shape index (κ2) is 22.3. The maximum Gasteiger partial charge on any atom is 0.335 e. The largest absolute Gasteiger partial charge is 0.464 e. The van der Waals surface area contributed by atoms with Crippen LogP contribution in [0, 0.1) is 0 Å². The Kier molecular flexibility index (Phi) is 18.2. The summed E-state index contributed by atoms with van der Waals surface area (Å²) in [6.07, 6.45) is 12.7. The third-order valence-corrected chi connectivity index (χ3v) is 9.24. The summed E-state index contributed by atoms with van der Waals surface area (Å²) in [7, 11) is -4.21. The van der Waals surface area contributed by atoms with Gasteiger partial charge in [0.05, 0.1) is 32.2 Å². The predicted octanol–water partition coefficient (Wildman–Crippen LogP) is 7.34. The van der Waals surface area contributed by atoms with Gasteiger partial charge in [0, 0.05) is 18.7 Å². The Morgan fingerprint density at radius 2 is 1.52 bits per heavy atom. The van der Waals surface area contributed by atoms with E-state index in [0.717, 1.165) is 30.5 Å². The number of hydrogen-bond acceptors (Lipinski definition) is 8. The molecule has 0 aliphatic rings. The van der Waals surface area contributed by atoms with Crippen molar-refractivity contribution in [1.82, 2.24) is 20.3 Å². The van der Waals surface area contributed by atoms with E-state index in [1.807, 2.05) is 42.5 Å². The molecule has 48 heavy (non-hydrogen) atoms. The molecule has 0 aliphatic heterocycles. The lowest BCUT2D eigenvalue weighted by Gasteiger charge is -2.19. The van der Waals surface area contributed by atoms with Crippen molar-refractivity contribution in [2.24, 2.45) is 0 Å². The second-order valence-corrected chi connectivity index (χ2v) is 13.8. The molecule has 2 aromatic carbocycles. The molecule has 3 rings (SSSR count). The fraction of sp³-hybridized carbons (Fsp3) is 0.556. The molecule has 264 valence electrons. The van der Waals surface area contributed by atoms with Gasteiger partial charge in [0.25, 0.3) is 5.91 Å². The quantitative estimate of drug-likeness (QED) is 0.0533. The third kappa shape index (κ3) is 15.2. The first kappa shape index (κ1) is 39.1. The number of rotatable bonds is 25. The number of benzene rings is 2. The van der Waals surface area contributed by atoms with Gasteiger partial charge >= 0.3 is 13.6 Å². The highest BCUT2D eigenvalue weighted by Gasteiger charge is 2.32. The number of aromatic nitrogens is 3. The van der Waals surface area contributed by atoms with Crippen LogP contribution in [0.2, 0.25) is 0 Å². The molecular formula is C36H53N4O7P. The highest BCUT2D eigenvalue weighted by molar-refractivity contribution is 7.52. The Hall–Kier alpha value is -3.37. The average Bonchev–Trinajstić information content (AvgIpc) is 3.55. The van der Waals surface area contributed by atoms with E-state index in [2.05, 4.69) is 22.6 Å². The monoisotopic (exact) mass is 684 g/mol. The van der Waals surface area contributed by atoms with E-state index in [9.17, 15) is 19.0 Å². The summed E-state index contributed by atoms with van der Waals surface area (Å²) in [5, 5.41) is 11.0. The lowest BCUT2D eigenvalue weighted by molar-refractivity contribution is -0.156. The number of aryl methyl sites for hydroxylation is 1. The Morgan fingerprint density at radius 3 is 2.19 bits per heavy atom. The van der Waals surface area contributed by atoms with Gasteiger partial charge in [-0.2, -0.15) is 0 Å². The second-order valence-electron chi connectivity index (χ2n) is 11.9. The molecular weight excluding hydrogens is 631 g/mol. The molecule has 11 nitrogen and oxygen atoms in total. The maximum absolute atomic E-state index is 12.8. The number of amides is 1. The van der Waals surface area contributed by atoms with Crippen LogP contribution in [0.4, 0.5) is 0 Å². The van der Waals surface area contributed by atoms with E-state index in [1.165, 1.54) is 51.4 Å². The molecule has 0 fully saturated rings. The first-order valence-corrected chi connectivity index (χ1v) is 19.1. The number of ether oxygens (including phenoxy) is 2. The number of carbonyl (C=O) groups is 2. The Bertz CT molecular complexity index is 1380. The summed E-state index contributed by atoms with van der Waals surface area (Å²) in [6, 6.07) is 17.2. The van der Waals surface area contributed by atoms with Crippen LogP contribution < -0.4 is 5.32 Å². The van der Waals surface area contributed by atoms with Crippen molar-refractivity contribution in [3.05, 3.63) is 72.1 Å². The molecule has 3 aromatic rings. The number of nitrogens with one attached hydrogen (secondary N) is 1. The molecule has 0 saturated carbocycles. The summed E-state index contributed by atoms with van der Waals surface area (Å²) >= 11 is 0. The van der Waals surface area contributed by atoms with Gasteiger partial charge in [0.2, 0.25) is 0 Å². The van der Waals surface area contributed by atoms with E-state index >= 15 is 0 Å². The summed E-state index contributed by atoms with van der Waals surface area (Å²) in [4.78, 5) is 35.5. The number of hydrogen-bond donors (Lipinski definition) is 2. The van der Waals surface area contributed by atoms with Crippen LogP contribution in [-0.4, -0.2) is 63.8 Å². The van der Waals surface area contributed by atoms with Gasteiger partial charge in [-0.25, -0.2) is 4.79 Å². The van der Waals surface area contributed by atoms with Crippen molar-refractivity contribution < 1.29 is 33.0 Å². The van der Waals surface area contributed by atoms with Crippen molar-refractivity contribution in [3.63, 3.8) is 0 Å². The number of carbonyl (C=O) groups excluding carboxylic acids is 2. The lowest BCUT2D eigenvalue weighted by Crippen LogP contribution is -2.30. The average molecular weight is 685 g/mol. The minimum Gasteiger partial charge on any atom is -0.464 e. The summed E-state index contributed by atoms with van der Waals surface area (Å²) < 4.78 is 30.5. The van der Waals surface area contributed by atoms with Gasteiger partial charge in [0.15, 0.2) is 6.10 Å². The topological polar surface area (TPSA) is 142 Å². The molecule has 0 spiro atoms. The normalized spacial score (nSPS) is 13.1. The van der Waals surface area contributed by atoms with Gasteiger partial charge in [-0.05, 0) is 43.0 Å². The number of esters is 1. The van der Waals surface area contributed by atoms with Crippen LogP contribution in [0.15, 0.2) is 60.8 Å². The van der Waals surface area contributed by atoms with Crippen molar-refractivity contribution >= 4 is 19.5 Å². The molecule has 0 radical (unpaired) electrons. The summed E-state index contributed by atoms with van der Waals surface area (Å²) in [5.41, 5.74) is 3.09. The molecule has 2 N–H and O–H groups in total. The van der Waals surface area contributed by atoms with Gasteiger partial charge in [0.1, 0.15) is 5.69 Å². The molecule has 0 saturated heterocycles. The van der Waals surface area contributed by atoms with Crippen molar-refractivity contribution in [2.45, 2.75) is 104 Å². The molecule has 0 bridgehead atoms. The fourth-order valence-electron chi connectivity index (χ4n) is 5.18. The Balaban J connectivity index is 1.34. The molecule has 2 atom stereocenters. The zero-order chi connectivity index (χ0) is 34.5. The van der Waals surface area contributed by atoms with E-state index in [0.29, 0.717) is 17.7 Å². The van der Waals surface area contributed by atoms with Gasteiger partial charge < -0.3 is 24.2 Å². The highest BCUT2D eigenvalue weighted by Crippen LogP contribution is 2.43. The predicted molar refractivity (Wildman–Crippen MR) is 187 cm³/mol. The van der Waals surface area contributed by atoms with Crippen LogP contribution in [0.5, 0.6) is 0 Å². The fourth-order valence-corrected chi connectivity index (χ4v) is 6.38. The van der Waals surface area contributed by atoms with Crippen molar-refractivity contribution in [2.75, 3.05) is 25.9 Å². The molecule has 0 aliphatic carbocycles. The van der Waals surface area contributed by atoms with E-state index in [4.69, 9.17) is 14.0 Å². The van der Waals surface area contributed by atoms with Gasteiger partial charge in [-0.1, -0.05) is 112 Å². The maximum atomic E-state index is 12.8. The van der Waals surface area contributed by atoms with E-state index < -0.39 is 25.8 Å². The van der Waals surface area contributed by atoms with Gasteiger partial charge in [-0.15, -0.1) is 5.10 Å². The molecule has 12 heteroatoms. The molecule has 1 heterocycles. The minimum absolute atomic E-state index is 0.0696. The summed E-state index contributed by atoms with van der Waals surface area (Å²) in [5.74, 6) is -1.00. The van der Waals surface area contributed by atoms with Crippen molar-refractivity contribution in [3.8, 4) is 11.1 Å². The zero-order valence-corrected chi connectivity index (χ0v) is 29.5. The smallest absolute Gasteiger partial charge is 0.335 e. The number of nitrogens with zero attached hydrogens (tertiary/aromatic N) is 3. The Morgan fingerprint density at radius 1 is 0.875 bits per heavy atom. The van der Waals surface area contributed by atoms with Crippen LogP contribution >= 0.6 is 7.60 Å². The van der Waals surface area contributed by atoms with Crippen molar-refractivity contribution in [1.29, 1.82) is 0 Å². The lowest BCUT2D eigenvalue weighted by atomic mass is 10.0. The minimum atomic E-state index is -4.21. The first-order valence-electron chi connectivity index (χ1n) is 17.4. The van der Waals surface area contributed by atoms with Gasteiger partial charge in [-0.3, -0.25) is 14.0 Å². The van der Waals surface area contributed by atoms with Crippen LogP contribution in [0.25, 0.3) is 11.1 Å². The van der Waals surface area contributed by atoms with Crippen LogP contribution in [0.3, 0.4) is 0 Å². The Labute approximate surface area is 285 Å². The zero-order valence-electron chi connectivity index (χ0n) is 28.6. The molecule has 1 amide bonds. The molecule has 1 unspecified atom stereocenters. The SMILES string of the molecule is CCCCCCCCCCCCn1cc(CO[C@H](CP(=O)(O)OCCCNC(=O)c2ccc(-c3ccccc3)cc2)C(=O)OCC)nn1. The number of unbranched alkanes of at least 4 members (excludes halogenated alkanes) is 9. The molecule has 1 aromatic heterocycles. The first-order chi connectivity index (χ1) is 23.3. The van der Waals surface area contributed by atoms with E-state index in [-0.39, 0.29) is 32.3 Å². The third-order valence-electron chi connectivity index (χ3n) is 7.86. The van der Waals surface area contributed by atoms with E-state index in [1.54, 1.807) is 29.9 Å². The van der Waals surface area contributed by atoms with Crippen LogP contribution in [-0.2, 0) is 36.5 Å². The summed E-state index contributed by atoms with van der Waals surface area (Å²) in [6.45, 7) is 4.80. The standard InChI is InChI=1S/C36H53N4O7P/c1-3-5-6-7-8-9-10-11-12-16-25-40-27-33(38-39-40)28-46-34(36(42)45-4-2)29-48(43,44)47-26-17-24-37-35(41)32-22-20-31(21-23-32)30-18-14-13-15-19-30/h13-15,18-23,27,34H,3-12,16-17,24-26,28-29H2,1-2H3,(H,37,41)(H,43,44)/t34-/m1/s1. The van der Waals surface area contributed by atoms with Crippen LogP contribution in [0.1, 0.15) is 101 Å².